The highest BCUT2D eigenvalue weighted by Crippen LogP contribution is 2.29. The molecule has 0 fully saturated rings. The molecule has 0 saturated heterocycles. The largest absolute Gasteiger partial charge is 0.496 e. The van der Waals surface area contributed by atoms with E-state index in [1.54, 1.807) is 13.2 Å². The number of aromatic amines is 1. The van der Waals surface area contributed by atoms with Crippen molar-refractivity contribution in [1.29, 1.82) is 0 Å². The summed E-state index contributed by atoms with van der Waals surface area (Å²) in [5.74, 6) is 1.43. The van der Waals surface area contributed by atoms with Crippen LogP contribution in [0.3, 0.4) is 0 Å². The van der Waals surface area contributed by atoms with Gasteiger partial charge in [-0.2, -0.15) is 0 Å². The van der Waals surface area contributed by atoms with Gasteiger partial charge < -0.3 is 15.5 Å². The van der Waals surface area contributed by atoms with Crippen molar-refractivity contribution in [2.75, 3.05) is 12.8 Å². The Kier molecular flexibility index (Phi) is 3.90. The van der Waals surface area contributed by atoms with Crippen LogP contribution in [0.25, 0.3) is 11.4 Å². The average molecular weight is 324 g/mol. The summed E-state index contributed by atoms with van der Waals surface area (Å²) in [5, 5.41) is 0. The predicted octanol–water partition coefficient (Wildman–Crippen LogP) is 2.35. The van der Waals surface area contributed by atoms with Gasteiger partial charge in [0.2, 0.25) is 0 Å². The standard InChI is InChI=1S/C13H14BrN3O2/c1-3-8-11(15)16-12(17-13(8)18)7-4-5-10(19-2)9(14)6-7/h4-6H,3H2,1-2H3,(H3,15,16,17,18). The Balaban J connectivity index is 2.54. The van der Waals surface area contributed by atoms with Gasteiger partial charge in [-0.25, -0.2) is 4.98 Å². The highest BCUT2D eigenvalue weighted by Gasteiger charge is 2.10. The van der Waals surface area contributed by atoms with E-state index < -0.39 is 0 Å². The summed E-state index contributed by atoms with van der Waals surface area (Å²) >= 11 is 3.39. The first kappa shape index (κ1) is 13.6. The van der Waals surface area contributed by atoms with Crippen LogP contribution in [0, 0.1) is 0 Å². The monoisotopic (exact) mass is 323 g/mol. The van der Waals surface area contributed by atoms with Gasteiger partial charge in [0.25, 0.3) is 5.56 Å². The summed E-state index contributed by atoms with van der Waals surface area (Å²) in [6, 6.07) is 5.43. The van der Waals surface area contributed by atoms with E-state index in [4.69, 9.17) is 10.5 Å². The molecule has 1 heterocycles. The maximum atomic E-state index is 11.9. The van der Waals surface area contributed by atoms with Crippen molar-refractivity contribution in [1.82, 2.24) is 9.97 Å². The van der Waals surface area contributed by atoms with Gasteiger partial charge in [0, 0.05) is 5.56 Å². The Labute approximate surface area is 119 Å². The number of hydrogen-bond acceptors (Lipinski definition) is 4. The molecule has 0 saturated carbocycles. The highest BCUT2D eigenvalue weighted by atomic mass is 79.9. The van der Waals surface area contributed by atoms with E-state index in [0.717, 1.165) is 10.0 Å². The highest BCUT2D eigenvalue weighted by molar-refractivity contribution is 9.10. The van der Waals surface area contributed by atoms with Crippen molar-refractivity contribution in [3.8, 4) is 17.1 Å². The van der Waals surface area contributed by atoms with Gasteiger partial charge in [0.1, 0.15) is 17.4 Å². The minimum absolute atomic E-state index is 0.197. The molecule has 2 aromatic rings. The Morgan fingerprint density at radius 3 is 2.74 bits per heavy atom. The second-order valence-corrected chi connectivity index (χ2v) is 4.84. The summed E-state index contributed by atoms with van der Waals surface area (Å²) < 4.78 is 5.94. The third-order valence-electron chi connectivity index (χ3n) is 2.83. The first-order valence-electron chi connectivity index (χ1n) is 5.79. The van der Waals surface area contributed by atoms with E-state index in [1.165, 1.54) is 0 Å². The predicted molar refractivity (Wildman–Crippen MR) is 78.3 cm³/mol. The summed E-state index contributed by atoms with van der Waals surface area (Å²) in [5.41, 5.74) is 6.87. The number of rotatable bonds is 3. The Morgan fingerprint density at radius 2 is 2.21 bits per heavy atom. The van der Waals surface area contributed by atoms with Crippen LogP contribution in [0.2, 0.25) is 0 Å². The van der Waals surface area contributed by atoms with Gasteiger partial charge in [0.15, 0.2) is 0 Å². The number of nitrogens with two attached hydrogens (primary N) is 1. The fourth-order valence-electron chi connectivity index (χ4n) is 1.81. The number of H-pyrrole nitrogens is 1. The zero-order valence-electron chi connectivity index (χ0n) is 10.7. The molecule has 0 aliphatic rings. The van der Waals surface area contributed by atoms with Crippen LogP contribution in [0.4, 0.5) is 5.82 Å². The Bertz CT molecular complexity index is 667. The van der Waals surface area contributed by atoms with Crippen LogP contribution in [-0.2, 0) is 6.42 Å². The van der Waals surface area contributed by atoms with Gasteiger partial charge >= 0.3 is 0 Å². The Hall–Kier alpha value is -1.82. The van der Waals surface area contributed by atoms with Crippen LogP contribution >= 0.6 is 15.9 Å². The van der Waals surface area contributed by atoms with Crippen molar-refractivity contribution < 1.29 is 4.74 Å². The minimum atomic E-state index is -0.197. The van der Waals surface area contributed by atoms with E-state index in [-0.39, 0.29) is 11.4 Å². The molecule has 0 atom stereocenters. The number of methoxy groups -OCH3 is 1. The van der Waals surface area contributed by atoms with Crippen molar-refractivity contribution in [2.24, 2.45) is 0 Å². The first-order valence-corrected chi connectivity index (χ1v) is 6.58. The molecule has 0 radical (unpaired) electrons. The van der Waals surface area contributed by atoms with Gasteiger partial charge in [0.05, 0.1) is 17.1 Å². The molecule has 1 aromatic carbocycles. The van der Waals surface area contributed by atoms with Crippen molar-refractivity contribution >= 4 is 21.7 Å². The topological polar surface area (TPSA) is 81.0 Å². The molecule has 19 heavy (non-hydrogen) atoms. The number of hydrogen-bond donors (Lipinski definition) is 2. The number of nitrogens with one attached hydrogen (secondary N) is 1. The number of benzene rings is 1. The van der Waals surface area contributed by atoms with Crippen LogP contribution in [0.15, 0.2) is 27.5 Å². The lowest BCUT2D eigenvalue weighted by atomic mass is 10.2. The summed E-state index contributed by atoms with van der Waals surface area (Å²) in [6.45, 7) is 1.87. The fraction of sp³-hybridized carbons (Fsp3) is 0.231. The normalized spacial score (nSPS) is 10.5. The Morgan fingerprint density at radius 1 is 1.47 bits per heavy atom. The lowest BCUT2D eigenvalue weighted by molar-refractivity contribution is 0.412. The maximum Gasteiger partial charge on any atom is 0.256 e. The lowest BCUT2D eigenvalue weighted by Gasteiger charge is -2.08. The number of halogens is 1. The minimum Gasteiger partial charge on any atom is -0.496 e. The van der Waals surface area contributed by atoms with E-state index in [1.807, 2.05) is 19.1 Å². The molecule has 0 aliphatic carbocycles. The SMILES string of the molecule is CCc1c(N)nc(-c2ccc(OC)c(Br)c2)[nH]c1=O. The quantitative estimate of drug-likeness (QED) is 0.908. The second kappa shape index (κ2) is 5.44. The van der Waals surface area contributed by atoms with E-state index >= 15 is 0 Å². The number of nitrogens with zero attached hydrogens (tertiary/aromatic N) is 1. The molecule has 1 aromatic heterocycles. The zero-order chi connectivity index (χ0) is 14.0. The van der Waals surface area contributed by atoms with E-state index in [0.29, 0.717) is 23.6 Å². The smallest absolute Gasteiger partial charge is 0.256 e. The summed E-state index contributed by atoms with van der Waals surface area (Å²) in [4.78, 5) is 18.8. The van der Waals surface area contributed by atoms with Crippen molar-refractivity contribution in [3.05, 3.63) is 38.6 Å². The van der Waals surface area contributed by atoms with E-state index in [2.05, 4.69) is 25.9 Å². The molecule has 0 bridgehead atoms. The van der Waals surface area contributed by atoms with E-state index in [9.17, 15) is 4.79 Å². The average Bonchev–Trinajstić information content (AvgIpc) is 2.38. The molecule has 100 valence electrons. The molecule has 0 spiro atoms. The number of aromatic nitrogens is 2. The van der Waals surface area contributed by atoms with Crippen molar-refractivity contribution in [3.63, 3.8) is 0 Å². The maximum absolute atomic E-state index is 11.9. The van der Waals surface area contributed by atoms with Gasteiger partial charge in [-0.1, -0.05) is 6.92 Å². The van der Waals surface area contributed by atoms with Gasteiger partial charge in [-0.15, -0.1) is 0 Å². The summed E-state index contributed by atoms with van der Waals surface area (Å²) in [7, 11) is 1.59. The summed E-state index contributed by atoms with van der Waals surface area (Å²) in [6.07, 6.45) is 0.556. The number of anilines is 1. The molecule has 0 aliphatic heterocycles. The van der Waals surface area contributed by atoms with Crippen LogP contribution in [0.1, 0.15) is 12.5 Å². The van der Waals surface area contributed by atoms with Gasteiger partial charge in [-0.05, 0) is 40.5 Å². The first-order chi connectivity index (χ1) is 9.06. The second-order valence-electron chi connectivity index (χ2n) is 3.98. The number of ether oxygens (including phenoxy) is 1. The molecule has 6 heteroatoms. The molecular formula is C13H14BrN3O2. The zero-order valence-corrected chi connectivity index (χ0v) is 12.2. The molecule has 0 unspecified atom stereocenters. The molecular weight excluding hydrogens is 310 g/mol. The third kappa shape index (κ3) is 2.63. The van der Waals surface area contributed by atoms with Gasteiger partial charge in [-0.3, -0.25) is 4.79 Å². The van der Waals surface area contributed by atoms with Crippen LogP contribution < -0.4 is 16.0 Å². The van der Waals surface area contributed by atoms with Crippen LogP contribution in [0.5, 0.6) is 5.75 Å². The third-order valence-corrected chi connectivity index (χ3v) is 3.45. The molecule has 3 N–H and O–H groups in total. The molecule has 5 nitrogen and oxygen atoms in total. The van der Waals surface area contributed by atoms with Crippen LogP contribution in [-0.4, -0.2) is 17.1 Å². The molecule has 2 rings (SSSR count). The van der Waals surface area contributed by atoms with Crippen molar-refractivity contribution in [2.45, 2.75) is 13.3 Å². The lowest BCUT2D eigenvalue weighted by Crippen LogP contribution is -2.17. The fourth-order valence-corrected chi connectivity index (χ4v) is 2.35. The molecule has 0 amide bonds. The number of nitrogen functional groups attached to an aromatic ring is 1.